The van der Waals surface area contributed by atoms with Gasteiger partial charge in [0.05, 0.1) is 8.79 Å². The molecule has 1 rings (SSSR count). The summed E-state index contributed by atoms with van der Waals surface area (Å²) in [7, 11) is 2.13. The average molecular weight is 291 g/mol. The zero-order valence-corrected chi connectivity index (χ0v) is 11.9. The van der Waals surface area contributed by atoms with Crippen molar-refractivity contribution >= 4 is 32.3 Å². The highest BCUT2D eigenvalue weighted by molar-refractivity contribution is 9.11. The van der Waals surface area contributed by atoms with Crippen LogP contribution in [-0.4, -0.2) is 20.1 Å². The number of anilines is 1. The van der Waals surface area contributed by atoms with Gasteiger partial charge in [0, 0.05) is 13.6 Å². The number of nitrogens with zero attached hydrogens (tertiary/aromatic N) is 1. The lowest BCUT2D eigenvalue weighted by atomic mass is 9.96. The van der Waals surface area contributed by atoms with Gasteiger partial charge in [0.2, 0.25) is 0 Å². The van der Waals surface area contributed by atoms with Gasteiger partial charge in [-0.2, -0.15) is 0 Å². The highest BCUT2D eigenvalue weighted by atomic mass is 79.9. The van der Waals surface area contributed by atoms with Gasteiger partial charge in [0.25, 0.3) is 0 Å². The van der Waals surface area contributed by atoms with E-state index in [-0.39, 0.29) is 0 Å². The van der Waals surface area contributed by atoms with E-state index in [1.54, 1.807) is 11.3 Å². The average Bonchev–Trinajstić information content (AvgIpc) is 2.60. The fourth-order valence-corrected chi connectivity index (χ4v) is 2.84. The van der Waals surface area contributed by atoms with Crippen molar-refractivity contribution in [3.63, 3.8) is 0 Å². The molecule has 0 aromatic carbocycles. The van der Waals surface area contributed by atoms with E-state index in [9.17, 15) is 0 Å². The van der Waals surface area contributed by atoms with E-state index in [4.69, 9.17) is 5.73 Å². The van der Waals surface area contributed by atoms with Gasteiger partial charge in [-0.15, -0.1) is 11.3 Å². The van der Waals surface area contributed by atoms with Gasteiger partial charge in [-0.1, -0.05) is 13.8 Å². The molecular weight excluding hydrogens is 272 g/mol. The Morgan fingerprint density at radius 3 is 2.53 bits per heavy atom. The largest absolute Gasteiger partial charge is 0.366 e. The predicted octanol–water partition coefficient (Wildman–Crippen LogP) is 3.18. The molecular formula is C11H19BrN2S. The first-order chi connectivity index (χ1) is 7.04. The molecule has 1 heterocycles. The lowest BCUT2D eigenvalue weighted by molar-refractivity contribution is 0.398. The minimum absolute atomic E-state index is 0.566. The van der Waals surface area contributed by atoms with Crippen LogP contribution in [0.15, 0.2) is 15.9 Å². The minimum atomic E-state index is 0.566. The summed E-state index contributed by atoms with van der Waals surface area (Å²) < 4.78 is 1.18. The summed E-state index contributed by atoms with van der Waals surface area (Å²) in [6.07, 6.45) is 0. The summed E-state index contributed by atoms with van der Waals surface area (Å²) in [6.45, 7) is 6.25. The van der Waals surface area contributed by atoms with Crippen molar-refractivity contribution in [2.24, 2.45) is 17.6 Å². The van der Waals surface area contributed by atoms with Crippen molar-refractivity contribution < 1.29 is 0 Å². The lowest BCUT2D eigenvalue weighted by Gasteiger charge is -2.26. The number of nitrogens with two attached hydrogens (primary N) is 1. The third kappa shape index (κ3) is 3.78. The van der Waals surface area contributed by atoms with Gasteiger partial charge in [0.15, 0.2) is 0 Å². The summed E-state index contributed by atoms with van der Waals surface area (Å²) in [5, 5.41) is 1.29. The molecule has 15 heavy (non-hydrogen) atoms. The molecule has 0 radical (unpaired) electrons. The number of rotatable bonds is 5. The normalized spacial score (nSPS) is 13.2. The summed E-state index contributed by atoms with van der Waals surface area (Å²) in [5.74, 6) is 1.21. The zero-order valence-electron chi connectivity index (χ0n) is 9.53. The Morgan fingerprint density at radius 2 is 2.13 bits per heavy atom. The summed E-state index contributed by atoms with van der Waals surface area (Å²) in [5.41, 5.74) is 5.77. The van der Waals surface area contributed by atoms with Crippen molar-refractivity contribution in [2.75, 3.05) is 25.0 Å². The first kappa shape index (κ1) is 13.0. The summed E-state index contributed by atoms with van der Waals surface area (Å²) in [6, 6.07) is 4.23. The maximum absolute atomic E-state index is 5.77. The molecule has 0 saturated carbocycles. The smallest absolute Gasteiger partial charge is 0.0917 e. The molecule has 86 valence electrons. The third-order valence-corrected chi connectivity index (χ3v) is 4.43. The number of hydrogen-bond acceptors (Lipinski definition) is 3. The van der Waals surface area contributed by atoms with E-state index in [1.165, 1.54) is 8.79 Å². The highest BCUT2D eigenvalue weighted by Gasteiger charge is 2.15. The molecule has 2 nitrogen and oxygen atoms in total. The van der Waals surface area contributed by atoms with E-state index in [1.807, 2.05) is 0 Å². The molecule has 1 unspecified atom stereocenters. The SMILES string of the molecule is CC(C)C(CN)CN(C)c1ccc(Br)s1. The van der Waals surface area contributed by atoms with E-state index < -0.39 is 0 Å². The first-order valence-electron chi connectivity index (χ1n) is 5.21. The van der Waals surface area contributed by atoms with Gasteiger partial charge in [0.1, 0.15) is 0 Å². The van der Waals surface area contributed by atoms with E-state index in [2.05, 4.69) is 53.9 Å². The quantitative estimate of drug-likeness (QED) is 0.903. The van der Waals surface area contributed by atoms with Crippen LogP contribution in [0.4, 0.5) is 5.00 Å². The molecule has 4 heteroatoms. The zero-order chi connectivity index (χ0) is 11.4. The molecule has 1 aromatic heterocycles. The summed E-state index contributed by atoms with van der Waals surface area (Å²) in [4.78, 5) is 2.28. The van der Waals surface area contributed by atoms with Gasteiger partial charge in [-0.25, -0.2) is 0 Å². The lowest BCUT2D eigenvalue weighted by Crippen LogP contribution is -2.32. The summed E-state index contributed by atoms with van der Waals surface area (Å²) >= 11 is 5.24. The Morgan fingerprint density at radius 1 is 1.47 bits per heavy atom. The number of thiophene rings is 1. The Hall–Kier alpha value is -0.0600. The molecule has 0 aliphatic carbocycles. The second-order valence-corrected chi connectivity index (χ2v) is 6.64. The Bertz CT molecular complexity index is 299. The van der Waals surface area contributed by atoms with Crippen LogP contribution in [0.1, 0.15) is 13.8 Å². The van der Waals surface area contributed by atoms with E-state index in [0.29, 0.717) is 11.8 Å². The second-order valence-electron chi connectivity index (χ2n) is 4.20. The molecule has 0 fully saturated rings. The molecule has 0 aliphatic heterocycles. The molecule has 0 amide bonds. The predicted molar refractivity (Wildman–Crippen MR) is 72.7 cm³/mol. The molecule has 0 spiro atoms. The maximum atomic E-state index is 5.77. The van der Waals surface area contributed by atoms with Crippen LogP contribution >= 0.6 is 27.3 Å². The van der Waals surface area contributed by atoms with Crippen LogP contribution in [0.2, 0.25) is 0 Å². The van der Waals surface area contributed by atoms with Crippen LogP contribution in [0.25, 0.3) is 0 Å². The van der Waals surface area contributed by atoms with E-state index in [0.717, 1.165) is 13.1 Å². The number of halogens is 1. The van der Waals surface area contributed by atoms with Crippen LogP contribution in [0, 0.1) is 11.8 Å². The maximum Gasteiger partial charge on any atom is 0.0917 e. The first-order valence-corrected chi connectivity index (χ1v) is 6.82. The molecule has 0 aliphatic rings. The van der Waals surface area contributed by atoms with Crippen molar-refractivity contribution in [2.45, 2.75) is 13.8 Å². The molecule has 2 N–H and O–H groups in total. The van der Waals surface area contributed by atoms with Gasteiger partial charge < -0.3 is 10.6 Å². The van der Waals surface area contributed by atoms with Crippen molar-refractivity contribution in [1.29, 1.82) is 0 Å². The Kier molecular flexibility index (Phi) is 5.09. The third-order valence-electron chi connectivity index (χ3n) is 2.69. The topological polar surface area (TPSA) is 29.3 Å². The van der Waals surface area contributed by atoms with Gasteiger partial charge in [-0.05, 0) is 46.4 Å². The van der Waals surface area contributed by atoms with Crippen LogP contribution < -0.4 is 10.6 Å². The molecule has 1 aromatic rings. The Balaban J connectivity index is 2.58. The fraction of sp³-hybridized carbons (Fsp3) is 0.636. The van der Waals surface area contributed by atoms with Gasteiger partial charge >= 0.3 is 0 Å². The fourth-order valence-electron chi connectivity index (χ4n) is 1.51. The highest BCUT2D eigenvalue weighted by Crippen LogP contribution is 2.29. The van der Waals surface area contributed by atoms with Gasteiger partial charge in [-0.3, -0.25) is 0 Å². The standard InChI is InChI=1S/C11H19BrN2S/c1-8(2)9(6-13)7-14(3)11-5-4-10(12)15-11/h4-5,8-9H,6-7,13H2,1-3H3. The molecule has 0 saturated heterocycles. The Labute approximate surface area is 105 Å². The molecule has 1 atom stereocenters. The minimum Gasteiger partial charge on any atom is -0.366 e. The number of hydrogen-bond donors (Lipinski definition) is 1. The van der Waals surface area contributed by atoms with Crippen LogP contribution in [0.5, 0.6) is 0 Å². The molecule has 0 bridgehead atoms. The van der Waals surface area contributed by atoms with Crippen molar-refractivity contribution in [3.8, 4) is 0 Å². The van der Waals surface area contributed by atoms with Crippen molar-refractivity contribution in [1.82, 2.24) is 0 Å². The van der Waals surface area contributed by atoms with E-state index >= 15 is 0 Å². The van der Waals surface area contributed by atoms with Crippen LogP contribution in [0.3, 0.4) is 0 Å². The van der Waals surface area contributed by atoms with Crippen molar-refractivity contribution in [3.05, 3.63) is 15.9 Å². The monoisotopic (exact) mass is 290 g/mol. The van der Waals surface area contributed by atoms with Crippen LogP contribution in [-0.2, 0) is 0 Å². The second kappa shape index (κ2) is 5.87.